The summed E-state index contributed by atoms with van der Waals surface area (Å²) in [5, 5.41) is 23.8. The SMILES string of the molecule is O=[N+]([O-])c1ccc(CO)cc1NC1CCN(CC2CCCC2)C1. The van der Waals surface area contributed by atoms with E-state index in [1.54, 1.807) is 12.1 Å². The molecule has 3 rings (SSSR count). The van der Waals surface area contributed by atoms with Gasteiger partial charge in [0.25, 0.3) is 5.69 Å². The Labute approximate surface area is 136 Å². The average molecular weight is 319 g/mol. The predicted octanol–water partition coefficient (Wildman–Crippen LogP) is 2.76. The van der Waals surface area contributed by atoms with Gasteiger partial charge in [0.05, 0.1) is 11.5 Å². The summed E-state index contributed by atoms with van der Waals surface area (Å²) >= 11 is 0. The molecule has 2 N–H and O–H groups in total. The minimum absolute atomic E-state index is 0.0800. The molecule has 0 amide bonds. The molecule has 1 atom stereocenters. The van der Waals surface area contributed by atoms with Gasteiger partial charge in [-0.2, -0.15) is 0 Å². The Morgan fingerprint density at radius 3 is 2.78 bits per heavy atom. The van der Waals surface area contributed by atoms with Gasteiger partial charge in [0.15, 0.2) is 0 Å². The molecule has 6 nitrogen and oxygen atoms in total. The Morgan fingerprint density at radius 1 is 1.30 bits per heavy atom. The Hall–Kier alpha value is -1.66. The van der Waals surface area contributed by atoms with Crippen LogP contribution in [0.1, 0.15) is 37.7 Å². The molecule has 6 heteroatoms. The molecule has 0 aromatic heterocycles. The Bertz CT molecular complexity index is 558. The zero-order valence-corrected chi connectivity index (χ0v) is 13.4. The van der Waals surface area contributed by atoms with Gasteiger partial charge in [-0.15, -0.1) is 0 Å². The van der Waals surface area contributed by atoms with E-state index >= 15 is 0 Å². The van der Waals surface area contributed by atoms with Crippen LogP contribution < -0.4 is 5.32 Å². The molecule has 2 aliphatic rings. The molecule has 1 saturated heterocycles. The van der Waals surface area contributed by atoms with Crippen molar-refractivity contribution in [2.24, 2.45) is 5.92 Å². The van der Waals surface area contributed by atoms with Crippen molar-refractivity contribution in [3.05, 3.63) is 33.9 Å². The van der Waals surface area contributed by atoms with Gasteiger partial charge in [-0.05, 0) is 42.9 Å². The average Bonchev–Trinajstić information content (AvgIpc) is 3.19. The molecule has 1 aliphatic heterocycles. The third-order valence-electron chi connectivity index (χ3n) is 5.06. The Morgan fingerprint density at radius 2 is 2.09 bits per heavy atom. The van der Waals surface area contributed by atoms with E-state index in [-0.39, 0.29) is 23.3 Å². The van der Waals surface area contributed by atoms with Crippen LogP contribution in [0, 0.1) is 16.0 Å². The van der Waals surface area contributed by atoms with Gasteiger partial charge in [0.1, 0.15) is 5.69 Å². The lowest BCUT2D eigenvalue weighted by molar-refractivity contribution is -0.384. The van der Waals surface area contributed by atoms with Gasteiger partial charge in [0.2, 0.25) is 0 Å². The minimum atomic E-state index is -0.366. The fourth-order valence-corrected chi connectivity index (χ4v) is 3.85. The monoisotopic (exact) mass is 319 g/mol. The Balaban J connectivity index is 1.62. The highest BCUT2D eigenvalue weighted by molar-refractivity contribution is 5.63. The highest BCUT2D eigenvalue weighted by Gasteiger charge is 2.27. The lowest BCUT2D eigenvalue weighted by Gasteiger charge is -2.20. The molecule has 1 saturated carbocycles. The van der Waals surface area contributed by atoms with E-state index in [0.717, 1.165) is 32.0 Å². The lowest BCUT2D eigenvalue weighted by Crippen LogP contribution is -2.29. The Kier molecular flexibility index (Phi) is 5.13. The molecule has 1 heterocycles. The van der Waals surface area contributed by atoms with Crippen LogP contribution in [-0.4, -0.2) is 40.6 Å². The van der Waals surface area contributed by atoms with Crippen LogP contribution in [0.3, 0.4) is 0 Å². The maximum absolute atomic E-state index is 11.2. The number of likely N-dealkylation sites (tertiary alicyclic amines) is 1. The van der Waals surface area contributed by atoms with Crippen molar-refractivity contribution >= 4 is 11.4 Å². The maximum atomic E-state index is 11.2. The standard InChI is InChI=1S/C17H25N3O3/c21-12-14-5-6-17(20(22)23)16(9-14)18-15-7-8-19(11-15)10-13-3-1-2-4-13/h5-6,9,13,15,18,21H,1-4,7-8,10-12H2. The highest BCUT2D eigenvalue weighted by atomic mass is 16.6. The first-order valence-corrected chi connectivity index (χ1v) is 8.53. The van der Waals surface area contributed by atoms with Gasteiger partial charge < -0.3 is 15.3 Å². The summed E-state index contributed by atoms with van der Waals surface area (Å²) in [7, 11) is 0. The smallest absolute Gasteiger partial charge is 0.292 e. The first-order chi connectivity index (χ1) is 11.2. The third-order valence-corrected chi connectivity index (χ3v) is 5.06. The van der Waals surface area contributed by atoms with Gasteiger partial charge in [0, 0.05) is 31.7 Å². The maximum Gasteiger partial charge on any atom is 0.292 e. The number of nitro benzene ring substituents is 1. The zero-order valence-electron chi connectivity index (χ0n) is 13.4. The number of aliphatic hydroxyl groups is 1. The van der Waals surface area contributed by atoms with Crippen molar-refractivity contribution in [1.82, 2.24) is 4.90 Å². The summed E-state index contributed by atoms with van der Waals surface area (Å²) in [5.74, 6) is 0.834. The first-order valence-electron chi connectivity index (χ1n) is 8.53. The van der Waals surface area contributed by atoms with E-state index in [0.29, 0.717) is 11.3 Å². The van der Waals surface area contributed by atoms with Crippen molar-refractivity contribution in [2.75, 3.05) is 25.0 Å². The second kappa shape index (κ2) is 7.27. The summed E-state index contributed by atoms with van der Waals surface area (Å²) in [6.07, 6.45) is 6.42. The normalized spacial score (nSPS) is 22.6. The molecule has 1 aromatic carbocycles. The number of nitro groups is 1. The molecule has 1 unspecified atom stereocenters. The minimum Gasteiger partial charge on any atom is -0.392 e. The van der Waals surface area contributed by atoms with E-state index in [4.69, 9.17) is 0 Å². The molecular weight excluding hydrogens is 294 g/mol. The van der Waals surface area contributed by atoms with E-state index in [1.165, 1.54) is 31.7 Å². The van der Waals surface area contributed by atoms with Crippen LogP contribution in [0.25, 0.3) is 0 Å². The highest BCUT2D eigenvalue weighted by Crippen LogP contribution is 2.29. The van der Waals surface area contributed by atoms with E-state index < -0.39 is 0 Å². The molecule has 0 spiro atoms. The third kappa shape index (κ3) is 4.00. The van der Waals surface area contributed by atoms with Crippen molar-refractivity contribution in [3.8, 4) is 0 Å². The summed E-state index contributed by atoms with van der Waals surface area (Å²) in [6, 6.07) is 5.00. The molecule has 126 valence electrons. The van der Waals surface area contributed by atoms with E-state index in [1.807, 2.05) is 0 Å². The molecule has 2 fully saturated rings. The van der Waals surface area contributed by atoms with Crippen LogP contribution in [0.2, 0.25) is 0 Å². The summed E-state index contributed by atoms with van der Waals surface area (Å²) in [6.45, 7) is 3.06. The van der Waals surface area contributed by atoms with Crippen molar-refractivity contribution in [3.63, 3.8) is 0 Å². The van der Waals surface area contributed by atoms with Crippen molar-refractivity contribution < 1.29 is 10.0 Å². The number of hydrogen-bond acceptors (Lipinski definition) is 5. The number of nitrogens with one attached hydrogen (secondary N) is 1. The number of aliphatic hydroxyl groups excluding tert-OH is 1. The van der Waals surface area contributed by atoms with Crippen LogP contribution in [-0.2, 0) is 6.61 Å². The lowest BCUT2D eigenvalue weighted by atomic mass is 10.1. The van der Waals surface area contributed by atoms with Crippen LogP contribution >= 0.6 is 0 Å². The summed E-state index contributed by atoms with van der Waals surface area (Å²) in [4.78, 5) is 13.3. The van der Waals surface area contributed by atoms with E-state index in [2.05, 4.69) is 10.2 Å². The molecule has 0 radical (unpaired) electrons. The van der Waals surface area contributed by atoms with Gasteiger partial charge in [-0.25, -0.2) is 0 Å². The number of nitrogens with zero attached hydrogens (tertiary/aromatic N) is 2. The summed E-state index contributed by atoms with van der Waals surface area (Å²) < 4.78 is 0. The summed E-state index contributed by atoms with van der Waals surface area (Å²) in [5.41, 5.74) is 1.30. The fraction of sp³-hybridized carbons (Fsp3) is 0.647. The van der Waals surface area contributed by atoms with Crippen LogP contribution in [0.15, 0.2) is 18.2 Å². The predicted molar refractivity (Wildman–Crippen MR) is 89.4 cm³/mol. The van der Waals surface area contributed by atoms with Crippen LogP contribution in [0.5, 0.6) is 0 Å². The number of benzene rings is 1. The second-order valence-electron chi connectivity index (χ2n) is 6.81. The van der Waals surface area contributed by atoms with E-state index in [9.17, 15) is 15.2 Å². The molecule has 23 heavy (non-hydrogen) atoms. The largest absolute Gasteiger partial charge is 0.392 e. The zero-order chi connectivity index (χ0) is 16.2. The molecule has 0 bridgehead atoms. The number of rotatable bonds is 6. The van der Waals surface area contributed by atoms with Gasteiger partial charge in [-0.3, -0.25) is 10.1 Å². The number of hydrogen-bond donors (Lipinski definition) is 2. The second-order valence-corrected chi connectivity index (χ2v) is 6.81. The quantitative estimate of drug-likeness (QED) is 0.622. The molecular formula is C17H25N3O3. The fourth-order valence-electron chi connectivity index (χ4n) is 3.85. The number of anilines is 1. The van der Waals surface area contributed by atoms with Gasteiger partial charge >= 0.3 is 0 Å². The molecule has 1 aromatic rings. The van der Waals surface area contributed by atoms with Crippen molar-refractivity contribution in [1.29, 1.82) is 0 Å². The van der Waals surface area contributed by atoms with Crippen LogP contribution in [0.4, 0.5) is 11.4 Å². The molecule has 1 aliphatic carbocycles. The topological polar surface area (TPSA) is 78.6 Å². The first kappa shape index (κ1) is 16.2. The van der Waals surface area contributed by atoms with Gasteiger partial charge in [-0.1, -0.05) is 12.8 Å². The van der Waals surface area contributed by atoms with Crippen molar-refractivity contribution in [2.45, 2.75) is 44.8 Å².